The number of hydroxylamine groups is 1. The molecule has 1 atom stereocenters. The van der Waals surface area contributed by atoms with Gasteiger partial charge in [0.1, 0.15) is 11.5 Å². The molecule has 1 amide bonds. The van der Waals surface area contributed by atoms with Gasteiger partial charge in [-0.05, 0) is 49.4 Å². The number of ether oxygens (including phenoxy) is 2. The molecule has 3 aromatic rings. The highest BCUT2D eigenvalue weighted by Crippen LogP contribution is 2.24. The molecule has 7 nitrogen and oxygen atoms in total. The second-order valence-corrected chi connectivity index (χ2v) is 5.59. The van der Waals surface area contributed by atoms with Crippen LogP contribution < -0.4 is 15.0 Å². The zero-order valence-corrected chi connectivity index (χ0v) is 13.9. The monoisotopic (exact) mass is 359 g/mol. The second kappa shape index (κ2) is 7.33. The zero-order valence-electron chi connectivity index (χ0n) is 13.1. The maximum Gasteiger partial charge on any atom is 0.284 e. The van der Waals surface area contributed by atoms with Gasteiger partial charge >= 0.3 is 0 Å². The molecule has 128 valence electrons. The molecule has 1 unspecified atom stereocenters. The smallest absolute Gasteiger partial charge is 0.284 e. The first-order valence-electron chi connectivity index (χ1n) is 7.36. The summed E-state index contributed by atoms with van der Waals surface area (Å²) in [5.74, 6) is 0.684. The van der Waals surface area contributed by atoms with E-state index < -0.39 is 12.0 Å². The van der Waals surface area contributed by atoms with E-state index in [1.807, 2.05) is 0 Å². The minimum atomic E-state index is -0.826. The van der Waals surface area contributed by atoms with Crippen molar-refractivity contribution in [2.24, 2.45) is 0 Å². The van der Waals surface area contributed by atoms with Crippen molar-refractivity contribution in [3.05, 3.63) is 53.7 Å². The first kappa shape index (κ1) is 16.9. The Bertz CT molecular complexity index is 902. The maximum atomic E-state index is 11.2. The van der Waals surface area contributed by atoms with Crippen molar-refractivity contribution >= 4 is 28.5 Å². The van der Waals surface area contributed by atoms with Gasteiger partial charge in [0.15, 0.2) is 6.10 Å². The summed E-state index contributed by atoms with van der Waals surface area (Å²) in [6.45, 7) is 1.52. The summed E-state index contributed by atoms with van der Waals surface area (Å²) in [7, 11) is 0. The number of fused-ring (bicyclic) bond motifs is 1. The third kappa shape index (κ3) is 4.14. The first-order chi connectivity index (χ1) is 12.0. The molecule has 0 saturated carbocycles. The van der Waals surface area contributed by atoms with E-state index in [1.54, 1.807) is 42.5 Å². The molecule has 25 heavy (non-hydrogen) atoms. The highest BCUT2D eigenvalue weighted by molar-refractivity contribution is 6.31. The predicted octanol–water partition coefficient (Wildman–Crippen LogP) is 3.35. The lowest BCUT2D eigenvalue weighted by Crippen LogP contribution is -2.34. The molecule has 0 saturated heterocycles. The van der Waals surface area contributed by atoms with Crippen molar-refractivity contribution < 1.29 is 19.5 Å². The van der Waals surface area contributed by atoms with Crippen LogP contribution in [0.5, 0.6) is 17.4 Å². The van der Waals surface area contributed by atoms with E-state index in [0.717, 1.165) is 5.52 Å². The van der Waals surface area contributed by atoms with E-state index in [0.29, 0.717) is 27.9 Å². The number of rotatable bonds is 5. The van der Waals surface area contributed by atoms with Crippen molar-refractivity contribution in [3.8, 4) is 17.4 Å². The molecule has 1 aromatic heterocycles. The number of benzene rings is 2. The third-order valence-electron chi connectivity index (χ3n) is 3.32. The van der Waals surface area contributed by atoms with Gasteiger partial charge in [-0.1, -0.05) is 11.6 Å². The van der Waals surface area contributed by atoms with Crippen LogP contribution >= 0.6 is 11.6 Å². The number of halogens is 1. The molecule has 0 aliphatic rings. The molecular formula is C17H14ClN3O4. The number of hydrogen-bond donors (Lipinski definition) is 2. The van der Waals surface area contributed by atoms with Gasteiger partial charge in [0.2, 0.25) is 5.88 Å². The largest absolute Gasteiger partial charge is 0.481 e. The fourth-order valence-electron chi connectivity index (χ4n) is 2.07. The number of amides is 1. The van der Waals surface area contributed by atoms with Gasteiger partial charge in [-0.3, -0.25) is 10.0 Å². The first-order valence-corrected chi connectivity index (χ1v) is 7.74. The zero-order chi connectivity index (χ0) is 17.8. The van der Waals surface area contributed by atoms with Crippen molar-refractivity contribution in [3.63, 3.8) is 0 Å². The van der Waals surface area contributed by atoms with Crippen molar-refractivity contribution in [1.82, 2.24) is 15.4 Å². The fourth-order valence-corrected chi connectivity index (χ4v) is 2.24. The van der Waals surface area contributed by atoms with E-state index in [1.165, 1.54) is 18.6 Å². The molecule has 8 heteroatoms. The summed E-state index contributed by atoms with van der Waals surface area (Å²) in [5.41, 5.74) is 2.89. The Balaban J connectivity index is 1.72. The number of nitrogens with one attached hydrogen (secondary N) is 1. The Morgan fingerprint density at radius 2 is 1.88 bits per heavy atom. The van der Waals surface area contributed by atoms with Crippen LogP contribution in [0.15, 0.2) is 48.7 Å². The van der Waals surface area contributed by atoms with Crippen LogP contribution in [-0.2, 0) is 4.79 Å². The minimum absolute atomic E-state index is 0.330. The van der Waals surface area contributed by atoms with E-state index in [9.17, 15) is 4.79 Å². The third-order valence-corrected chi connectivity index (χ3v) is 3.56. The number of carbonyl (C=O) groups is 1. The Kier molecular flexibility index (Phi) is 4.97. The average molecular weight is 360 g/mol. The summed E-state index contributed by atoms with van der Waals surface area (Å²) in [6.07, 6.45) is 0.696. The molecule has 0 radical (unpaired) electrons. The highest BCUT2D eigenvalue weighted by Gasteiger charge is 2.13. The summed E-state index contributed by atoms with van der Waals surface area (Å²) >= 11 is 5.96. The molecular weight excluding hydrogens is 346 g/mol. The van der Waals surface area contributed by atoms with Crippen LogP contribution in [-0.4, -0.2) is 27.2 Å². The lowest BCUT2D eigenvalue weighted by molar-refractivity contribution is -0.135. The second-order valence-electron chi connectivity index (χ2n) is 5.15. The molecule has 2 aromatic carbocycles. The van der Waals surface area contributed by atoms with Gasteiger partial charge in [-0.15, -0.1) is 0 Å². The van der Waals surface area contributed by atoms with Crippen LogP contribution in [0.2, 0.25) is 5.02 Å². The van der Waals surface area contributed by atoms with Crippen LogP contribution in [0, 0.1) is 0 Å². The van der Waals surface area contributed by atoms with Crippen LogP contribution in [0.1, 0.15) is 6.92 Å². The van der Waals surface area contributed by atoms with E-state index in [2.05, 4.69) is 9.97 Å². The SMILES string of the molecule is CC(Oc1ccc(Oc2cnc3ccc(Cl)cc3n2)cc1)C(=O)NO. The van der Waals surface area contributed by atoms with Crippen molar-refractivity contribution in [2.45, 2.75) is 13.0 Å². The summed E-state index contributed by atoms with van der Waals surface area (Å²) < 4.78 is 11.0. The standard InChI is InChI=1S/C17H14ClN3O4/c1-10(17(22)21-23)24-12-3-5-13(6-4-12)25-16-9-19-14-7-2-11(18)8-15(14)20-16/h2-10,23H,1H3,(H,21,22). The van der Waals surface area contributed by atoms with Crippen LogP contribution in [0.25, 0.3) is 11.0 Å². The maximum absolute atomic E-state index is 11.2. The van der Waals surface area contributed by atoms with E-state index in [-0.39, 0.29) is 0 Å². The lowest BCUT2D eigenvalue weighted by atomic mass is 10.3. The van der Waals surface area contributed by atoms with Gasteiger partial charge in [0.25, 0.3) is 5.91 Å². The molecule has 3 rings (SSSR count). The highest BCUT2D eigenvalue weighted by atomic mass is 35.5. The van der Waals surface area contributed by atoms with E-state index >= 15 is 0 Å². The average Bonchev–Trinajstić information content (AvgIpc) is 2.62. The van der Waals surface area contributed by atoms with Crippen molar-refractivity contribution in [1.29, 1.82) is 0 Å². The lowest BCUT2D eigenvalue weighted by Gasteiger charge is -2.13. The molecule has 0 spiro atoms. The van der Waals surface area contributed by atoms with Crippen LogP contribution in [0.3, 0.4) is 0 Å². The Morgan fingerprint density at radius 1 is 1.16 bits per heavy atom. The fraction of sp³-hybridized carbons (Fsp3) is 0.118. The molecule has 0 aliphatic carbocycles. The molecule has 1 heterocycles. The van der Waals surface area contributed by atoms with Gasteiger partial charge in [-0.2, -0.15) is 0 Å². The van der Waals surface area contributed by atoms with Crippen molar-refractivity contribution in [2.75, 3.05) is 0 Å². The van der Waals surface area contributed by atoms with Gasteiger partial charge in [0, 0.05) is 5.02 Å². The number of aromatic nitrogens is 2. The summed E-state index contributed by atoms with van der Waals surface area (Å²) in [4.78, 5) is 19.8. The normalized spacial score (nSPS) is 11.8. The van der Waals surface area contributed by atoms with Gasteiger partial charge in [-0.25, -0.2) is 15.4 Å². The Hall–Kier alpha value is -2.90. The number of carbonyl (C=O) groups excluding carboxylic acids is 1. The molecule has 2 N–H and O–H groups in total. The van der Waals surface area contributed by atoms with Gasteiger partial charge < -0.3 is 9.47 Å². The summed E-state index contributed by atoms with van der Waals surface area (Å²) in [5, 5.41) is 9.13. The molecule has 0 aliphatic heterocycles. The molecule has 0 bridgehead atoms. The topological polar surface area (TPSA) is 93.6 Å². The quantitative estimate of drug-likeness (QED) is 0.536. The number of hydrogen-bond acceptors (Lipinski definition) is 6. The van der Waals surface area contributed by atoms with E-state index in [4.69, 9.17) is 26.3 Å². The Labute approximate surface area is 148 Å². The van der Waals surface area contributed by atoms with Crippen LogP contribution in [0.4, 0.5) is 0 Å². The van der Waals surface area contributed by atoms with Gasteiger partial charge in [0.05, 0.1) is 17.2 Å². The predicted molar refractivity (Wildman–Crippen MR) is 91.1 cm³/mol. The summed E-state index contributed by atoms with van der Waals surface area (Å²) in [6, 6.07) is 11.9. The minimum Gasteiger partial charge on any atom is -0.481 e. The molecule has 0 fully saturated rings. The Morgan fingerprint density at radius 3 is 2.60 bits per heavy atom. The number of nitrogens with zero attached hydrogens (tertiary/aromatic N) is 2.